The van der Waals surface area contributed by atoms with Gasteiger partial charge in [-0.2, -0.15) is 0 Å². The van der Waals surface area contributed by atoms with Gasteiger partial charge in [0.25, 0.3) is 0 Å². The zero-order valence-electron chi connectivity index (χ0n) is 24.5. The number of nitrogens with one attached hydrogen (secondary N) is 2. The van der Waals surface area contributed by atoms with Gasteiger partial charge in [0.05, 0.1) is 26.8 Å². The summed E-state index contributed by atoms with van der Waals surface area (Å²) in [5, 5.41) is 14.4. The van der Waals surface area contributed by atoms with E-state index in [0.717, 1.165) is 33.9 Å². The van der Waals surface area contributed by atoms with Crippen LogP contribution in [0.3, 0.4) is 0 Å². The number of rotatable bonds is 8. The Morgan fingerprint density at radius 2 is 1.82 bits per heavy atom. The molecule has 234 valence electrons. The number of carbonyl (C=O) groups excluding carboxylic acids is 3. The molecular formula is C31H32FN7O5S. The number of nitrogens with zero attached hydrogens (tertiary/aromatic N) is 5. The average molecular weight is 634 g/mol. The van der Waals surface area contributed by atoms with Crippen molar-refractivity contribution in [2.75, 3.05) is 51.2 Å². The minimum Gasteiger partial charge on any atom is -0.453 e. The van der Waals surface area contributed by atoms with Gasteiger partial charge in [-0.3, -0.25) is 24.5 Å². The van der Waals surface area contributed by atoms with Gasteiger partial charge >= 0.3 is 6.03 Å². The molecule has 0 spiro atoms. The number of benzene rings is 1. The predicted octanol–water partition coefficient (Wildman–Crippen LogP) is 3.28. The highest BCUT2D eigenvalue weighted by Crippen LogP contribution is 2.39. The van der Waals surface area contributed by atoms with Crippen molar-refractivity contribution in [3.63, 3.8) is 0 Å². The van der Waals surface area contributed by atoms with E-state index < -0.39 is 18.5 Å². The van der Waals surface area contributed by atoms with Crippen LogP contribution in [0.2, 0.25) is 0 Å². The van der Waals surface area contributed by atoms with Crippen molar-refractivity contribution in [3.05, 3.63) is 66.2 Å². The Bertz CT molecular complexity index is 1720. The molecule has 0 bridgehead atoms. The molecule has 0 aliphatic carbocycles. The van der Waals surface area contributed by atoms with Crippen molar-refractivity contribution in [2.45, 2.75) is 19.5 Å². The zero-order valence-corrected chi connectivity index (χ0v) is 25.3. The molecule has 4 amide bonds. The van der Waals surface area contributed by atoms with E-state index in [9.17, 15) is 14.4 Å². The topological polar surface area (TPSA) is 140 Å². The van der Waals surface area contributed by atoms with E-state index >= 15 is 4.39 Å². The third-order valence-electron chi connectivity index (χ3n) is 7.79. The second kappa shape index (κ2) is 13.1. The van der Waals surface area contributed by atoms with Gasteiger partial charge in [-0.25, -0.2) is 9.18 Å². The molecule has 0 radical (unpaired) electrons. The van der Waals surface area contributed by atoms with Crippen LogP contribution in [0.25, 0.3) is 20.8 Å². The van der Waals surface area contributed by atoms with E-state index in [1.165, 1.54) is 30.4 Å². The predicted molar refractivity (Wildman–Crippen MR) is 166 cm³/mol. The van der Waals surface area contributed by atoms with Crippen LogP contribution in [-0.2, 0) is 16.1 Å². The molecule has 3 aromatic heterocycles. The van der Waals surface area contributed by atoms with Gasteiger partial charge in [0.1, 0.15) is 12.4 Å². The standard InChI is InChI=1S/C31H32FN7O5S/c1-19(41)39-16-22(17-39)36-31(43)35-21-3-5-26(23(32)12-21)44-27-6-7-33-25-13-28(45-30(25)27)24-4-2-20(14-34-24)15-37-8-10-38(11-9-37)29(42)18-40/h2-7,12-14,22,40H,8-11,15-18H2,1H3,(H2,35,36,43). The molecule has 4 aromatic rings. The van der Waals surface area contributed by atoms with Crippen LogP contribution in [0, 0.1) is 5.82 Å². The number of aliphatic hydroxyl groups excluding tert-OH is 1. The number of urea groups is 1. The Labute approximate surface area is 262 Å². The third-order valence-corrected chi connectivity index (χ3v) is 8.95. The lowest BCUT2D eigenvalue weighted by Gasteiger charge is -2.38. The fraction of sp³-hybridized carbons (Fsp3) is 0.323. The molecule has 6 rings (SSSR count). The fourth-order valence-corrected chi connectivity index (χ4v) is 6.30. The summed E-state index contributed by atoms with van der Waals surface area (Å²) < 4.78 is 21.7. The third kappa shape index (κ3) is 7.03. The molecule has 2 saturated heterocycles. The monoisotopic (exact) mass is 633 g/mol. The first-order valence-corrected chi connectivity index (χ1v) is 15.3. The van der Waals surface area contributed by atoms with Crippen molar-refractivity contribution in [1.82, 2.24) is 30.0 Å². The zero-order chi connectivity index (χ0) is 31.5. The van der Waals surface area contributed by atoms with Crippen molar-refractivity contribution >= 4 is 45.1 Å². The maximum Gasteiger partial charge on any atom is 0.319 e. The number of hydrogen-bond donors (Lipinski definition) is 3. The smallest absolute Gasteiger partial charge is 0.319 e. The molecule has 3 N–H and O–H groups in total. The summed E-state index contributed by atoms with van der Waals surface area (Å²) in [7, 11) is 0. The summed E-state index contributed by atoms with van der Waals surface area (Å²) in [6.45, 7) is 5.29. The molecule has 2 aliphatic rings. The van der Waals surface area contributed by atoms with Crippen LogP contribution >= 0.6 is 11.3 Å². The van der Waals surface area contributed by atoms with E-state index in [0.29, 0.717) is 44.0 Å². The summed E-state index contributed by atoms with van der Waals surface area (Å²) in [5.41, 5.74) is 2.80. The number of ether oxygens (including phenoxy) is 1. The number of anilines is 1. The highest BCUT2D eigenvalue weighted by atomic mass is 32.1. The molecule has 1 aromatic carbocycles. The number of aliphatic hydroxyl groups is 1. The Balaban J connectivity index is 1.07. The van der Waals surface area contributed by atoms with E-state index in [4.69, 9.17) is 9.84 Å². The first kappa shape index (κ1) is 30.4. The molecule has 5 heterocycles. The minimum atomic E-state index is -0.639. The Morgan fingerprint density at radius 1 is 1.02 bits per heavy atom. The normalized spacial score (nSPS) is 15.5. The summed E-state index contributed by atoms with van der Waals surface area (Å²) in [6.07, 6.45) is 3.44. The summed E-state index contributed by atoms with van der Waals surface area (Å²) in [5.74, 6) is -0.466. The molecular weight excluding hydrogens is 601 g/mol. The number of fused-ring (bicyclic) bond motifs is 1. The molecule has 2 fully saturated rings. The van der Waals surface area contributed by atoms with E-state index in [1.807, 2.05) is 24.4 Å². The Kier molecular flexibility index (Phi) is 8.87. The van der Waals surface area contributed by atoms with E-state index in [1.54, 1.807) is 28.1 Å². The number of likely N-dealkylation sites (tertiary alicyclic amines) is 1. The number of pyridine rings is 2. The largest absolute Gasteiger partial charge is 0.453 e. The van der Waals surface area contributed by atoms with Gasteiger partial charge in [0.2, 0.25) is 11.8 Å². The summed E-state index contributed by atoms with van der Waals surface area (Å²) >= 11 is 1.44. The molecule has 0 atom stereocenters. The molecule has 0 unspecified atom stereocenters. The number of amides is 4. The van der Waals surface area contributed by atoms with Crippen LogP contribution < -0.4 is 15.4 Å². The minimum absolute atomic E-state index is 0.00328. The lowest BCUT2D eigenvalue weighted by molar-refractivity contribution is -0.136. The van der Waals surface area contributed by atoms with Gasteiger partial charge in [0.15, 0.2) is 11.6 Å². The number of carbonyl (C=O) groups is 3. The maximum absolute atomic E-state index is 15.0. The molecule has 2 aliphatic heterocycles. The second-order valence-corrected chi connectivity index (χ2v) is 12.0. The number of thiophene rings is 1. The SMILES string of the molecule is CC(=O)N1CC(NC(=O)Nc2ccc(Oc3ccnc4cc(-c5ccc(CN6CCN(C(=O)CO)CC6)cn5)sc34)c(F)c2)C1. The summed E-state index contributed by atoms with van der Waals surface area (Å²) in [6, 6.07) is 11.2. The lowest BCUT2D eigenvalue weighted by atomic mass is 10.1. The fourth-order valence-electron chi connectivity index (χ4n) is 5.26. The number of piperazine rings is 1. The lowest BCUT2D eigenvalue weighted by Crippen LogP contribution is -2.61. The maximum atomic E-state index is 15.0. The second-order valence-electron chi connectivity index (χ2n) is 11.0. The highest BCUT2D eigenvalue weighted by molar-refractivity contribution is 7.22. The van der Waals surface area contributed by atoms with Crippen LogP contribution in [0.5, 0.6) is 11.5 Å². The van der Waals surface area contributed by atoms with Crippen molar-refractivity contribution in [2.24, 2.45) is 0 Å². The number of halogens is 1. The van der Waals surface area contributed by atoms with Crippen LogP contribution in [0.4, 0.5) is 14.9 Å². The molecule has 14 heteroatoms. The Hall–Kier alpha value is -4.66. The van der Waals surface area contributed by atoms with E-state index in [-0.39, 0.29) is 29.3 Å². The van der Waals surface area contributed by atoms with Crippen molar-refractivity contribution in [3.8, 4) is 22.1 Å². The van der Waals surface area contributed by atoms with Crippen molar-refractivity contribution < 1.29 is 28.6 Å². The van der Waals surface area contributed by atoms with Crippen LogP contribution in [0.15, 0.2) is 54.9 Å². The Morgan fingerprint density at radius 3 is 2.51 bits per heavy atom. The highest BCUT2D eigenvalue weighted by Gasteiger charge is 2.29. The van der Waals surface area contributed by atoms with Gasteiger partial charge in [-0.15, -0.1) is 11.3 Å². The first-order valence-electron chi connectivity index (χ1n) is 14.5. The van der Waals surface area contributed by atoms with Gasteiger partial charge in [-0.1, -0.05) is 6.07 Å². The van der Waals surface area contributed by atoms with Gasteiger partial charge in [-0.05, 0) is 29.8 Å². The quantitative estimate of drug-likeness (QED) is 0.269. The van der Waals surface area contributed by atoms with E-state index in [2.05, 4.69) is 25.5 Å². The molecule has 0 saturated carbocycles. The first-order chi connectivity index (χ1) is 21.7. The summed E-state index contributed by atoms with van der Waals surface area (Å²) in [4.78, 5) is 50.8. The van der Waals surface area contributed by atoms with Gasteiger partial charge in [0, 0.05) is 83.0 Å². The van der Waals surface area contributed by atoms with Gasteiger partial charge < -0.3 is 30.3 Å². The van der Waals surface area contributed by atoms with Crippen LogP contribution in [0.1, 0.15) is 12.5 Å². The number of aromatic nitrogens is 2. The molecule has 45 heavy (non-hydrogen) atoms. The number of hydrogen-bond acceptors (Lipinski definition) is 9. The molecule has 12 nitrogen and oxygen atoms in total. The van der Waals surface area contributed by atoms with Crippen molar-refractivity contribution in [1.29, 1.82) is 0 Å². The average Bonchev–Trinajstić information content (AvgIpc) is 3.46. The van der Waals surface area contributed by atoms with Crippen LogP contribution in [-0.4, -0.2) is 99.5 Å².